The molecule has 0 aliphatic carbocycles. The zero-order chi connectivity index (χ0) is 10.7. The van der Waals surface area contributed by atoms with Crippen LogP contribution >= 0.6 is 0 Å². The summed E-state index contributed by atoms with van der Waals surface area (Å²) in [7, 11) is 0. The zero-order valence-corrected chi connectivity index (χ0v) is 7.97. The number of benzene rings is 1. The van der Waals surface area contributed by atoms with Gasteiger partial charge in [0.15, 0.2) is 11.5 Å². The molecule has 0 aromatic heterocycles. The summed E-state index contributed by atoms with van der Waals surface area (Å²) in [4.78, 5) is 10.4. The molecule has 1 aromatic rings. The van der Waals surface area contributed by atoms with Gasteiger partial charge in [0.2, 0.25) is 0 Å². The highest BCUT2D eigenvalue weighted by Crippen LogP contribution is 2.31. The lowest BCUT2D eigenvalue weighted by Gasteiger charge is -2.12. The van der Waals surface area contributed by atoms with Crippen LogP contribution in [0.25, 0.3) is 0 Å². The molecule has 0 atom stereocenters. The average Bonchev–Trinajstić information content (AvgIpc) is 2.26. The summed E-state index contributed by atoms with van der Waals surface area (Å²) >= 11 is 0. The van der Waals surface area contributed by atoms with Crippen molar-refractivity contribution in [1.29, 1.82) is 0 Å². The summed E-state index contributed by atoms with van der Waals surface area (Å²) in [5.41, 5.74) is 0.926. The first-order valence-corrected chi connectivity index (χ1v) is 4.59. The minimum absolute atomic E-state index is 0.121. The van der Waals surface area contributed by atoms with E-state index in [1.54, 1.807) is 12.1 Å². The van der Waals surface area contributed by atoms with Crippen LogP contribution in [0.2, 0.25) is 0 Å². The predicted octanol–water partition coefficient (Wildman–Crippen LogP) is 1.95. The maximum atomic E-state index is 10.4. The first-order chi connectivity index (χ1) is 7.25. The van der Waals surface area contributed by atoms with Crippen molar-refractivity contribution in [2.45, 2.75) is 12.8 Å². The minimum Gasteiger partial charge on any atom is -0.481 e. The van der Waals surface area contributed by atoms with Crippen molar-refractivity contribution in [3.8, 4) is 11.5 Å². The topological polar surface area (TPSA) is 55.8 Å². The fourth-order valence-corrected chi connectivity index (χ4v) is 1.35. The van der Waals surface area contributed by atoms with Crippen LogP contribution in [-0.4, -0.2) is 11.1 Å². The SMILES string of the molecule is O=C(O)CCc1ccc2c(c1)OC=CO2. The summed E-state index contributed by atoms with van der Waals surface area (Å²) in [6, 6.07) is 5.40. The van der Waals surface area contributed by atoms with Crippen LogP contribution < -0.4 is 9.47 Å². The molecule has 78 valence electrons. The van der Waals surface area contributed by atoms with Crippen LogP contribution in [0.5, 0.6) is 11.5 Å². The van der Waals surface area contributed by atoms with E-state index in [9.17, 15) is 4.79 Å². The van der Waals surface area contributed by atoms with Crippen molar-refractivity contribution in [3.63, 3.8) is 0 Å². The molecular formula is C11H10O4. The Bertz CT molecular complexity index is 409. The van der Waals surface area contributed by atoms with Gasteiger partial charge >= 0.3 is 5.97 Å². The maximum absolute atomic E-state index is 10.4. The molecule has 4 nitrogen and oxygen atoms in total. The largest absolute Gasteiger partial charge is 0.481 e. The highest BCUT2D eigenvalue weighted by atomic mass is 16.5. The van der Waals surface area contributed by atoms with E-state index in [4.69, 9.17) is 14.6 Å². The van der Waals surface area contributed by atoms with Gasteiger partial charge in [-0.25, -0.2) is 0 Å². The molecule has 0 saturated heterocycles. The van der Waals surface area contributed by atoms with Crippen LogP contribution in [0.3, 0.4) is 0 Å². The second kappa shape index (κ2) is 4.04. The number of rotatable bonds is 3. The molecule has 1 heterocycles. The number of hydrogen-bond acceptors (Lipinski definition) is 3. The van der Waals surface area contributed by atoms with Gasteiger partial charge in [-0.1, -0.05) is 6.07 Å². The minimum atomic E-state index is -0.801. The lowest BCUT2D eigenvalue weighted by Crippen LogP contribution is -2.00. The van der Waals surface area contributed by atoms with E-state index < -0.39 is 5.97 Å². The Balaban J connectivity index is 2.12. The van der Waals surface area contributed by atoms with Gasteiger partial charge in [0, 0.05) is 6.42 Å². The molecule has 15 heavy (non-hydrogen) atoms. The first kappa shape index (κ1) is 9.58. The number of carboxylic acids is 1. The van der Waals surface area contributed by atoms with Gasteiger partial charge in [0.1, 0.15) is 12.5 Å². The molecule has 0 radical (unpaired) electrons. The van der Waals surface area contributed by atoms with E-state index in [1.165, 1.54) is 12.5 Å². The number of hydrogen-bond donors (Lipinski definition) is 1. The molecule has 0 amide bonds. The van der Waals surface area contributed by atoms with Crippen LogP contribution in [-0.2, 0) is 11.2 Å². The molecule has 0 fully saturated rings. The third-order valence-corrected chi connectivity index (χ3v) is 2.08. The number of aliphatic carboxylic acids is 1. The van der Waals surface area contributed by atoms with Gasteiger partial charge in [-0.15, -0.1) is 0 Å². The molecule has 4 heteroatoms. The predicted molar refractivity (Wildman–Crippen MR) is 52.8 cm³/mol. The lowest BCUT2D eigenvalue weighted by molar-refractivity contribution is -0.136. The summed E-state index contributed by atoms with van der Waals surface area (Å²) < 4.78 is 10.4. The van der Waals surface area contributed by atoms with Gasteiger partial charge in [-0.05, 0) is 24.1 Å². The normalized spacial score (nSPS) is 12.5. The molecule has 2 rings (SSSR count). The number of carbonyl (C=O) groups is 1. The average molecular weight is 206 g/mol. The molecule has 0 spiro atoms. The van der Waals surface area contributed by atoms with Crippen molar-refractivity contribution in [2.24, 2.45) is 0 Å². The third-order valence-electron chi connectivity index (χ3n) is 2.08. The standard InChI is InChI=1S/C11H10O4/c12-11(13)4-2-8-1-3-9-10(7-8)15-6-5-14-9/h1,3,5-7H,2,4H2,(H,12,13). The highest BCUT2D eigenvalue weighted by Gasteiger charge is 2.09. The summed E-state index contributed by atoms with van der Waals surface area (Å²) in [5.74, 6) is 0.474. The Morgan fingerprint density at radius 1 is 1.20 bits per heavy atom. The summed E-state index contributed by atoms with van der Waals surface area (Å²) in [5, 5.41) is 8.55. The van der Waals surface area contributed by atoms with Gasteiger partial charge in [0.05, 0.1) is 0 Å². The van der Waals surface area contributed by atoms with Crippen LogP contribution in [0, 0.1) is 0 Å². The smallest absolute Gasteiger partial charge is 0.303 e. The number of ether oxygens (including phenoxy) is 2. The van der Waals surface area contributed by atoms with E-state index in [0.717, 1.165) is 5.56 Å². The maximum Gasteiger partial charge on any atom is 0.303 e. The van der Waals surface area contributed by atoms with Crippen LogP contribution in [0.15, 0.2) is 30.7 Å². The first-order valence-electron chi connectivity index (χ1n) is 4.59. The zero-order valence-electron chi connectivity index (χ0n) is 7.97. The molecular weight excluding hydrogens is 196 g/mol. The van der Waals surface area contributed by atoms with Gasteiger partial charge in [0.25, 0.3) is 0 Å². The molecule has 0 saturated carbocycles. The van der Waals surface area contributed by atoms with E-state index >= 15 is 0 Å². The second-order valence-corrected chi connectivity index (χ2v) is 3.18. The fraction of sp³-hybridized carbons (Fsp3) is 0.182. The molecule has 1 aliphatic heterocycles. The van der Waals surface area contributed by atoms with E-state index in [-0.39, 0.29) is 6.42 Å². The highest BCUT2D eigenvalue weighted by molar-refractivity contribution is 5.67. The van der Waals surface area contributed by atoms with Crippen LogP contribution in [0.4, 0.5) is 0 Å². The lowest BCUT2D eigenvalue weighted by atomic mass is 10.1. The van der Waals surface area contributed by atoms with Gasteiger partial charge in [-0.3, -0.25) is 4.79 Å². The quantitative estimate of drug-likeness (QED) is 0.821. The monoisotopic (exact) mass is 206 g/mol. The Hall–Kier alpha value is -1.97. The number of carboxylic acid groups (broad SMARTS) is 1. The second-order valence-electron chi connectivity index (χ2n) is 3.18. The number of aryl methyl sites for hydroxylation is 1. The number of fused-ring (bicyclic) bond motifs is 1. The molecule has 1 aromatic carbocycles. The Kier molecular flexibility index (Phi) is 2.58. The van der Waals surface area contributed by atoms with Crippen molar-refractivity contribution >= 4 is 5.97 Å². The van der Waals surface area contributed by atoms with Crippen molar-refractivity contribution in [3.05, 3.63) is 36.3 Å². The fourth-order valence-electron chi connectivity index (χ4n) is 1.35. The molecule has 0 bridgehead atoms. The third kappa shape index (κ3) is 2.28. The van der Waals surface area contributed by atoms with Gasteiger partial charge in [-0.2, -0.15) is 0 Å². The van der Waals surface area contributed by atoms with E-state index in [2.05, 4.69) is 0 Å². The Morgan fingerprint density at radius 3 is 2.67 bits per heavy atom. The molecule has 1 N–H and O–H groups in total. The van der Waals surface area contributed by atoms with Gasteiger partial charge < -0.3 is 14.6 Å². The van der Waals surface area contributed by atoms with Crippen molar-refractivity contribution in [1.82, 2.24) is 0 Å². The van der Waals surface area contributed by atoms with E-state index in [0.29, 0.717) is 17.9 Å². The Morgan fingerprint density at radius 2 is 1.93 bits per heavy atom. The van der Waals surface area contributed by atoms with Crippen molar-refractivity contribution in [2.75, 3.05) is 0 Å². The Labute approximate surface area is 86.7 Å². The summed E-state index contributed by atoms with van der Waals surface area (Å²) in [6.07, 6.45) is 3.52. The summed E-state index contributed by atoms with van der Waals surface area (Å²) in [6.45, 7) is 0. The van der Waals surface area contributed by atoms with Crippen molar-refractivity contribution < 1.29 is 19.4 Å². The molecule has 0 unspecified atom stereocenters. The van der Waals surface area contributed by atoms with Crippen LogP contribution in [0.1, 0.15) is 12.0 Å². The molecule has 1 aliphatic rings. The van der Waals surface area contributed by atoms with E-state index in [1.807, 2.05) is 6.07 Å².